The number of hydrogen-bond donors (Lipinski definition) is 5. The summed E-state index contributed by atoms with van der Waals surface area (Å²) in [6.45, 7) is 3.36. The summed E-state index contributed by atoms with van der Waals surface area (Å²) in [5.41, 5.74) is 21.5. The summed E-state index contributed by atoms with van der Waals surface area (Å²) in [7, 11) is 0. The lowest BCUT2D eigenvalue weighted by molar-refractivity contribution is -0.124. The second kappa shape index (κ2) is 11.1. The van der Waals surface area contributed by atoms with E-state index < -0.39 is 17.4 Å². The Labute approximate surface area is 253 Å². The zero-order chi connectivity index (χ0) is 30.5. The van der Waals surface area contributed by atoms with Gasteiger partial charge in [-0.05, 0) is 66.8 Å². The van der Waals surface area contributed by atoms with Crippen LogP contribution in [0.5, 0.6) is 11.5 Å². The van der Waals surface area contributed by atoms with Gasteiger partial charge >= 0.3 is 0 Å². The van der Waals surface area contributed by atoms with E-state index in [4.69, 9.17) is 21.9 Å². The highest BCUT2D eigenvalue weighted by molar-refractivity contribution is 7.21. The molecule has 222 valence electrons. The Bertz CT molecular complexity index is 1750. The summed E-state index contributed by atoms with van der Waals surface area (Å²) < 4.78 is 6.67. The highest BCUT2D eigenvalue weighted by Crippen LogP contribution is 2.50. The van der Waals surface area contributed by atoms with E-state index in [0.29, 0.717) is 48.8 Å². The predicted octanol–water partition coefficient (Wildman–Crippen LogP) is 4.55. The molecule has 9 nitrogen and oxygen atoms in total. The number of para-hydroxylation sites is 1. The Morgan fingerprint density at radius 2 is 1.63 bits per heavy atom. The molecule has 1 heterocycles. The van der Waals surface area contributed by atoms with Gasteiger partial charge in [-0.15, -0.1) is 11.3 Å². The van der Waals surface area contributed by atoms with Gasteiger partial charge in [0.05, 0.1) is 15.6 Å². The van der Waals surface area contributed by atoms with Gasteiger partial charge in [0.15, 0.2) is 5.78 Å². The number of rotatable bonds is 6. The van der Waals surface area contributed by atoms with Crippen LogP contribution < -0.4 is 32.6 Å². The van der Waals surface area contributed by atoms with E-state index in [1.807, 2.05) is 43.3 Å². The maximum absolute atomic E-state index is 14.2. The van der Waals surface area contributed by atoms with Gasteiger partial charge in [-0.1, -0.05) is 43.2 Å². The van der Waals surface area contributed by atoms with Gasteiger partial charge in [0.25, 0.3) is 5.91 Å². The second-order valence-corrected chi connectivity index (χ2v) is 12.5. The molecule has 2 aliphatic carbocycles. The summed E-state index contributed by atoms with van der Waals surface area (Å²) in [6, 6.07) is 16.8. The van der Waals surface area contributed by atoms with E-state index in [-0.39, 0.29) is 23.9 Å². The number of nitrogens with one attached hydrogen (secondary N) is 2. The molecule has 1 fully saturated rings. The van der Waals surface area contributed by atoms with Crippen LogP contribution in [0.3, 0.4) is 0 Å². The minimum absolute atomic E-state index is 0.137. The van der Waals surface area contributed by atoms with E-state index >= 15 is 0 Å². The minimum atomic E-state index is -1.57. The van der Waals surface area contributed by atoms with Gasteiger partial charge in [0.2, 0.25) is 5.91 Å². The van der Waals surface area contributed by atoms with Crippen molar-refractivity contribution in [2.24, 2.45) is 11.5 Å². The number of ether oxygens (including phenoxy) is 1. The topological polar surface area (TPSA) is 163 Å². The van der Waals surface area contributed by atoms with Gasteiger partial charge in [-0.3, -0.25) is 14.4 Å². The summed E-state index contributed by atoms with van der Waals surface area (Å²) in [5, 5.41) is 6.73. The van der Waals surface area contributed by atoms with Crippen molar-refractivity contribution < 1.29 is 19.1 Å². The number of anilines is 1. The van der Waals surface area contributed by atoms with E-state index in [1.165, 1.54) is 18.3 Å². The Morgan fingerprint density at radius 3 is 2.30 bits per heavy atom. The Morgan fingerprint density at radius 1 is 0.953 bits per heavy atom. The number of aryl methyl sites for hydroxylation is 1. The smallest absolute Gasteiger partial charge is 0.262 e. The van der Waals surface area contributed by atoms with Crippen molar-refractivity contribution in [3.05, 3.63) is 87.8 Å². The SMILES string of the molecule is CC(=O)N[C@H]1CCCC[C@@H]1NC(=O)c1sc2c(N)ccc3c2c1C(N)C(=O)C3(N)c1ccc(Oc2ccccc2)cc1C. The Balaban J connectivity index is 1.41. The molecule has 3 aromatic carbocycles. The largest absolute Gasteiger partial charge is 0.457 e. The number of carbonyl (C=O) groups is 3. The molecule has 8 N–H and O–H groups in total. The number of amides is 2. The van der Waals surface area contributed by atoms with Crippen molar-refractivity contribution in [3.63, 3.8) is 0 Å². The molecule has 4 aromatic rings. The fourth-order valence-corrected chi connectivity index (χ4v) is 7.77. The fourth-order valence-electron chi connectivity index (χ4n) is 6.57. The van der Waals surface area contributed by atoms with Gasteiger partial charge in [-0.2, -0.15) is 0 Å². The van der Waals surface area contributed by atoms with E-state index in [0.717, 1.165) is 31.2 Å². The molecule has 0 spiro atoms. The van der Waals surface area contributed by atoms with E-state index in [2.05, 4.69) is 10.6 Å². The first-order valence-electron chi connectivity index (χ1n) is 14.5. The molecule has 0 aliphatic heterocycles. The number of nitrogen functional groups attached to an aromatic ring is 1. The van der Waals surface area contributed by atoms with Crippen molar-refractivity contribution >= 4 is 44.7 Å². The summed E-state index contributed by atoms with van der Waals surface area (Å²) in [6.07, 6.45) is 3.44. The number of ketones is 1. The zero-order valence-electron chi connectivity index (χ0n) is 24.1. The molecular weight excluding hydrogens is 562 g/mol. The lowest BCUT2D eigenvalue weighted by Gasteiger charge is -2.37. The third kappa shape index (κ3) is 4.95. The van der Waals surface area contributed by atoms with Crippen LogP contribution in [0, 0.1) is 6.92 Å². The molecule has 0 bridgehead atoms. The quantitative estimate of drug-likeness (QED) is 0.204. The standard InChI is InChI=1S/C33H35N5O4S/c1-17-16-20(42-19-8-4-3-5-9-19)12-13-21(17)33(36)22-14-15-23(34)29-26(22)27(28(35)31(33)40)30(43-29)32(41)38-25-11-7-6-10-24(25)37-18(2)39/h3-5,8-9,12-16,24-25,28H,6-7,10-11,34-36H2,1-2H3,(H,37,39)(H,38,41)/t24-,25-,28?,33?/m0/s1. The Kier molecular flexibility index (Phi) is 7.45. The van der Waals surface area contributed by atoms with Crippen LogP contribution in [0.15, 0.2) is 60.7 Å². The summed E-state index contributed by atoms with van der Waals surface area (Å²) in [4.78, 5) is 40.1. The number of hydrogen-bond acceptors (Lipinski definition) is 8. The second-order valence-electron chi connectivity index (χ2n) is 11.5. The van der Waals surface area contributed by atoms with E-state index in [9.17, 15) is 14.4 Å². The van der Waals surface area contributed by atoms with Crippen LogP contribution in [-0.2, 0) is 15.1 Å². The van der Waals surface area contributed by atoms with Crippen LogP contribution in [0.25, 0.3) is 10.1 Å². The highest BCUT2D eigenvalue weighted by atomic mass is 32.1. The first-order chi connectivity index (χ1) is 20.6. The molecule has 2 aliphatic rings. The van der Waals surface area contributed by atoms with E-state index in [1.54, 1.807) is 24.3 Å². The monoisotopic (exact) mass is 597 g/mol. The minimum Gasteiger partial charge on any atom is -0.457 e. The average molecular weight is 598 g/mol. The number of benzene rings is 3. The summed E-state index contributed by atoms with van der Waals surface area (Å²) in [5.74, 6) is 0.421. The third-order valence-electron chi connectivity index (χ3n) is 8.59. The van der Waals surface area contributed by atoms with Crippen molar-refractivity contribution in [1.29, 1.82) is 0 Å². The maximum Gasteiger partial charge on any atom is 0.262 e. The molecule has 1 saturated carbocycles. The molecule has 0 radical (unpaired) electrons. The molecule has 4 atom stereocenters. The lowest BCUT2D eigenvalue weighted by atomic mass is 9.69. The van der Waals surface area contributed by atoms with Gasteiger partial charge in [-0.25, -0.2) is 0 Å². The molecule has 2 amide bonds. The third-order valence-corrected chi connectivity index (χ3v) is 9.85. The number of carbonyl (C=O) groups excluding carboxylic acids is 3. The van der Waals surface area contributed by atoms with Crippen LogP contribution in [0.1, 0.15) is 70.6 Å². The fraction of sp³-hybridized carbons (Fsp3) is 0.303. The molecule has 6 rings (SSSR count). The normalized spacial score (nSPS) is 23.2. The molecule has 43 heavy (non-hydrogen) atoms. The number of Topliss-reactive ketones (excluding diaryl/α,β-unsaturated/α-hetero) is 1. The van der Waals surface area contributed by atoms with Crippen molar-refractivity contribution in [2.45, 2.75) is 63.2 Å². The predicted molar refractivity (Wildman–Crippen MR) is 168 cm³/mol. The lowest BCUT2D eigenvalue weighted by Crippen LogP contribution is -2.54. The maximum atomic E-state index is 14.2. The van der Waals surface area contributed by atoms with Gasteiger partial charge in [0.1, 0.15) is 17.0 Å². The summed E-state index contributed by atoms with van der Waals surface area (Å²) >= 11 is 1.22. The zero-order valence-corrected chi connectivity index (χ0v) is 24.9. The van der Waals surface area contributed by atoms with Crippen LogP contribution in [-0.4, -0.2) is 29.7 Å². The van der Waals surface area contributed by atoms with Crippen molar-refractivity contribution in [2.75, 3.05) is 5.73 Å². The van der Waals surface area contributed by atoms with Crippen LogP contribution in [0.2, 0.25) is 0 Å². The van der Waals surface area contributed by atoms with Crippen molar-refractivity contribution in [3.8, 4) is 11.5 Å². The first kappa shape index (κ1) is 28.9. The van der Waals surface area contributed by atoms with Gasteiger partial charge in [0, 0.05) is 35.6 Å². The van der Waals surface area contributed by atoms with Crippen molar-refractivity contribution in [1.82, 2.24) is 10.6 Å². The van der Waals surface area contributed by atoms with Crippen LogP contribution >= 0.6 is 11.3 Å². The molecule has 1 aromatic heterocycles. The average Bonchev–Trinajstić information content (AvgIpc) is 3.39. The molecule has 2 unspecified atom stereocenters. The number of thiophene rings is 1. The van der Waals surface area contributed by atoms with Gasteiger partial charge < -0.3 is 32.6 Å². The Hall–Kier alpha value is -4.25. The van der Waals surface area contributed by atoms with Crippen LogP contribution in [0.4, 0.5) is 5.69 Å². The molecular formula is C33H35N5O4S. The molecule has 0 saturated heterocycles. The highest BCUT2D eigenvalue weighted by Gasteiger charge is 2.49. The first-order valence-corrected chi connectivity index (χ1v) is 15.3. The molecule has 10 heteroatoms. The number of nitrogens with two attached hydrogens (primary N) is 3.